The molecule has 0 radical (unpaired) electrons. The minimum atomic E-state index is 0.419. The van der Waals surface area contributed by atoms with Crippen molar-refractivity contribution in [2.45, 2.75) is 27.7 Å². The Bertz CT molecular complexity index is 1290. The molecule has 33 heavy (non-hydrogen) atoms. The first-order valence-electron chi connectivity index (χ1n) is 10.3. The van der Waals surface area contributed by atoms with E-state index < -0.39 is 0 Å². The first kappa shape index (κ1) is 23.1. The molecule has 164 valence electrons. The summed E-state index contributed by atoms with van der Waals surface area (Å²) in [6.45, 7) is 7.96. The molecule has 0 unspecified atom stereocenters. The molecule has 3 rings (SSSR count). The fraction of sp³-hybridized carbons (Fsp3) is 0.154. The number of allylic oxidation sites excluding steroid dienone is 2. The van der Waals surface area contributed by atoms with Gasteiger partial charge in [-0.15, -0.1) is 0 Å². The van der Waals surface area contributed by atoms with Crippen LogP contribution < -0.4 is 16.4 Å². The third kappa shape index (κ3) is 5.55. The molecule has 1 heterocycles. The average molecular weight is 436 g/mol. The van der Waals surface area contributed by atoms with Gasteiger partial charge >= 0.3 is 0 Å². The highest BCUT2D eigenvalue weighted by molar-refractivity contribution is 5.75. The van der Waals surface area contributed by atoms with E-state index in [0.29, 0.717) is 17.5 Å². The molecule has 0 bridgehead atoms. The largest absolute Gasteiger partial charge is 0.394 e. The lowest BCUT2D eigenvalue weighted by Crippen LogP contribution is -2.07. The fourth-order valence-corrected chi connectivity index (χ4v) is 3.63. The van der Waals surface area contributed by atoms with Crippen LogP contribution in [-0.2, 0) is 0 Å². The van der Waals surface area contributed by atoms with Crippen LogP contribution in [-0.4, -0.2) is 9.97 Å². The fourth-order valence-electron chi connectivity index (χ4n) is 3.63. The maximum atomic E-state index is 8.76. The number of nitrogens with two attached hydrogens (primary N) is 1. The second kappa shape index (κ2) is 10.1. The molecule has 3 aromatic rings. The van der Waals surface area contributed by atoms with Crippen LogP contribution in [0.5, 0.6) is 0 Å². The Morgan fingerprint density at radius 1 is 0.788 bits per heavy atom. The van der Waals surface area contributed by atoms with Crippen LogP contribution in [0, 0.1) is 50.4 Å². The average Bonchev–Trinajstić information content (AvgIpc) is 2.77. The summed E-state index contributed by atoms with van der Waals surface area (Å²) in [4.78, 5) is 8.94. The van der Waals surface area contributed by atoms with E-state index in [2.05, 4.69) is 20.6 Å². The summed E-state index contributed by atoms with van der Waals surface area (Å²) >= 11 is 0. The lowest BCUT2D eigenvalue weighted by molar-refractivity contribution is 1.16. The summed E-state index contributed by atoms with van der Waals surface area (Å²) in [6.07, 6.45) is 8.03. The quantitative estimate of drug-likeness (QED) is 0.415. The molecule has 4 N–H and O–H groups in total. The van der Waals surface area contributed by atoms with Crippen molar-refractivity contribution in [2.75, 3.05) is 16.4 Å². The molecule has 0 saturated carbocycles. The van der Waals surface area contributed by atoms with Crippen LogP contribution in [0.1, 0.15) is 33.4 Å². The summed E-state index contributed by atoms with van der Waals surface area (Å²) in [6, 6.07) is 12.0. The van der Waals surface area contributed by atoms with Gasteiger partial charge in [0.1, 0.15) is 0 Å². The minimum Gasteiger partial charge on any atom is -0.394 e. The zero-order valence-electron chi connectivity index (χ0n) is 19.1. The SMILES string of the molecule is Cc1cc(/C=C/C#N)cc(C)c1Nc1ncc(N)c(Nc2c(C)cc(/C=C/C#N)cc2C)n1. The van der Waals surface area contributed by atoms with Gasteiger partial charge in [0.25, 0.3) is 0 Å². The van der Waals surface area contributed by atoms with E-state index in [-0.39, 0.29) is 0 Å². The number of anilines is 5. The number of hydrogen-bond donors (Lipinski definition) is 3. The van der Waals surface area contributed by atoms with Crippen molar-refractivity contribution < 1.29 is 0 Å². The predicted octanol–water partition coefficient (Wildman–Crippen LogP) is 5.85. The van der Waals surface area contributed by atoms with Gasteiger partial charge in [-0.1, -0.05) is 0 Å². The number of aromatic nitrogens is 2. The van der Waals surface area contributed by atoms with Gasteiger partial charge in [-0.2, -0.15) is 15.5 Å². The third-order valence-electron chi connectivity index (χ3n) is 5.11. The summed E-state index contributed by atoms with van der Waals surface area (Å²) in [5.74, 6) is 0.921. The molecule has 0 aliphatic heterocycles. The van der Waals surface area contributed by atoms with Gasteiger partial charge < -0.3 is 16.4 Å². The number of nitrogens with one attached hydrogen (secondary N) is 2. The number of rotatable bonds is 6. The van der Waals surface area contributed by atoms with E-state index in [1.807, 2.05) is 64.1 Å². The number of hydrogen-bond acceptors (Lipinski definition) is 7. The number of benzene rings is 2. The predicted molar refractivity (Wildman–Crippen MR) is 134 cm³/mol. The van der Waals surface area contributed by atoms with Crippen molar-refractivity contribution in [3.8, 4) is 12.1 Å². The monoisotopic (exact) mass is 435 g/mol. The normalized spacial score (nSPS) is 10.8. The van der Waals surface area contributed by atoms with E-state index in [4.69, 9.17) is 16.3 Å². The Balaban J connectivity index is 1.90. The van der Waals surface area contributed by atoms with E-state index in [1.165, 1.54) is 12.2 Å². The second-order valence-corrected chi connectivity index (χ2v) is 7.73. The number of aryl methyl sites for hydroxylation is 4. The first-order valence-corrected chi connectivity index (χ1v) is 10.3. The van der Waals surface area contributed by atoms with Crippen LogP contribution in [0.15, 0.2) is 42.6 Å². The molecule has 0 atom stereocenters. The molecule has 0 amide bonds. The zero-order valence-corrected chi connectivity index (χ0v) is 19.1. The zero-order chi connectivity index (χ0) is 24.0. The number of nitrogens with zero attached hydrogens (tertiary/aromatic N) is 4. The van der Waals surface area contributed by atoms with Crippen LogP contribution in [0.4, 0.5) is 28.8 Å². The van der Waals surface area contributed by atoms with Crippen LogP contribution in [0.25, 0.3) is 12.2 Å². The molecular formula is C26H25N7. The van der Waals surface area contributed by atoms with Crippen LogP contribution in [0.3, 0.4) is 0 Å². The lowest BCUT2D eigenvalue weighted by Gasteiger charge is -2.17. The molecule has 1 aromatic heterocycles. The minimum absolute atomic E-state index is 0.419. The van der Waals surface area contributed by atoms with E-state index in [0.717, 1.165) is 44.8 Å². The van der Waals surface area contributed by atoms with Gasteiger partial charge in [0, 0.05) is 23.5 Å². The van der Waals surface area contributed by atoms with Gasteiger partial charge in [-0.05, 0) is 97.5 Å². The molecule has 0 aliphatic carbocycles. The van der Waals surface area contributed by atoms with Crippen LogP contribution in [0.2, 0.25) is 0 Å². The maximum Gasteiger partial charge on any atom is 0.229 e. The van der Waals surface area contributed by atoms with Gasteiger partial charge in [0.15, 0.2) is 5.82 Å². The van der Waals surface area contributed by atoms with Crippen molar-refractivity contribution in [3.05, 3.63) is 76.0 Å². The number of nitriles is 2. The topological polar surface area (TPSA) is 123 Å². The van der Waals surface area contributed by atoms with Gasteiger partial charge in [-0.25, -0.2) is 4.98 Å². The highest BCUT2D eigenvalue weighted by atomic mass is 15.2. The molecule has 2 aromatic carbocycles. The second-order valence-electron chi connectivity index (χ2n) is 7.73. The Morgan fingerprint density at radius 2 is 1.24 bits per heavy atom. The van der Waals surface area contributed by atoms with E-state index in [9.17, 15) is 0 Å². The van der Waals surface area contributed by atoms with Gasteiger partial charge in [0.2, 0.25) is 5.95 Å². The van der Waals surface area contributed by atoms with Crippen LogP contribution >= 0.6 is 0 Å². The Hall–Kier alpha value is -4.62. The molecular weight excluding hydrogens is 410 g/mol. The maximum absolute atomic E-state index is 8.76. The molecule has 0 spiro atoms. The lowest BCUT2D eigenvalue weighted by atomic mass is 10.0. The Morgan fingerprint density at radius 3 is 1.70 bits per heavy atom. The van der Waals surface area contributed by atoms with Crippen molar-refractivity contribution in [3.63, 3.8) is 0 Å². The molecule has 0 saturated heterocycles. The van der Waals surface area contributed by atoms with E-state index in [1.54, 1.807) is 18.3 Å². The third-order valence-corrected chi connectivity index (χ3v) is 5.11. The smallest absolute Gasteiger partial charge is 0.229 e. The summed E-state index contributed by atoms with van der Waals surface area (Å²) in [5, 5.41) is 24.1. The van der Waals surface area contributed by atoms with Crippen molar-refractivity contribution in [2.24, 2.45) is 0 Å². The van der Waals surface area contributed by atoms with Gasteiger partial charge in [0.05, 0.1) is 24.0 Å². The summed E-state index contributed by atoms with van der Waals surface area (Å²) < 4.78 is 0. The molecule has 0 fully saturated rings. The van der Waals surface area contributed by atoms with Gasteiger partial charge in [-0.3, -0.25) is 0 Å². The summed E-state index contributed by atoms with van der Waals surface area (Å²) in [5.41, 5.74) is 14.3. The highest BCUT2D eigenvalue weighted by Gasteiger charge is 2.12. The Labute approximate surface area is 193 Å². The van der Waals surface area contributed by atoms with E-state index >= 15 is 0 Å². The molecule has 0 aliphatic rings. The molecule has 7 nitrogen and oxygen atoms in total. The highest BCUT2D eigenvalue weighted by Crippen LogP contribution is 2.30. The first-order chi connectivity index (χ1) is 15.8. The standard InChI is InChI=1S/C26H25N7/c1-16-11-20(7-5-9-27)12-17(2)23(16)31-25-22(29)15-30-26(33-25)32-24-18(3)13-21(8-6-10-28)14-19(24)4/h5-8,11-15H,29H2,1-4H3,(H2,30,31,32,33)/b7-5+,8-6+. The van der Waals surface area contributed by atoms with Crippen molar-refractivity contribution in [1.29, 1.82) is 10.5 Å². The number of nitrogen functional groups attached to an aromatic ring is 1. The summed E-state index contributed by atoms with van der Waals surface area (Å²) in [7, 11) is 0. The van der Waals surface area contributed by atoms with Crippen molar-refractivity contribution >= 4 is 41.0 Å². The van der Waals surface area contributed by atoms with Crippen molar-refractivity contribution in [1.82, 2.24) is 9.97 Å². The Kier molecular flexibility index (Phi) is 7.07. The molecule has 7 heteroatoms.